The highest BCUT2D eigenvalue weighted by Gasteiger charge is 2.28. The fraction of sp³-hybridized carbons (Fsp3) is 0.429. The average molecular weight is 263 g/mol. The van der Waals surface area contributed by atoms with Gasteiger partial charge in [-0.15, -0.1) is 0 Å². The molecule has 0 fully saturated rings. The van der Waals surface area contributed by atoms with Gasteiger partial charge < -0.3 is 0 Å². The Morgan fingerprint density at radius 1 is 1.20 bits per heavy atom. The van der Waals surface area contributed by atoms with Crippen LogP contribution in [0.4, 0.5) is 0 Å². The van der Waals surface area contributed by atoms with E-state index in [0.29, 0.717) is 5.92 Å². The van der Waals surface area contributed by atoms with Crippen LogP contribution in [0.25, 0.3) is 0 Å². The van der Waals surface area contributed by atoms with E-state index in [1.165, 1.54) is 30.2 Å². The van der Waals surface area contributed by atoms with Crippen molar-refractivity contribution in [2.45, 2.75) is 31.6 Å². The Morgan fingerprint density at radius 3 is 3.07 bits per heavy atom. The first-order chi connectivity index (χ1) is 7.34. The maximum atomic E-state index is 3.58. The monoisotopic (exact) mass is 262 g/mol. The number of hydrogen-bond donors (Lipinski definition) is 0. The number of hydrogen-bond acceptors (Lipinski definition) is 0. The highest BCUT2D eigenvalue weighted by molar-refractivity contribution is 9.10. The highest BCUT2D eigenvalue weighted by Crippen LogP contribution is 2.42. The van der Waals surface area contributed by atoms with Crippen LogP contribution in [0, 0.1) is 5.92 Å². The largest absolute Gasteiger partial charge is 0.0879 e. The third-order valence-corrected chi connectivity index (χ3v) is 4.30. The number of benzene rings is 1. The van der Waals surface area contributed by atoms with Crippen LogP contribution in [-0.4, -0.2) is 0 Å². The molecule has 0 amide bonds. The van der Waals surface area contributed by atoms with Gasteiger partial charge in [-0.3, -0.25) is 0 Å². The molecule has 1 heteroatoms. The van der Waals surface area contributed by atoms with Crippen molar-refractivity contribution in [3.8, 4) is 0 Å². The zero-order chi connectivity index (χ0) is 10.3. The topological polar surface area (TPSA) is 0 Å². The summed E-state index contributed by atoms with van der Waals surface area (Å²) in [5.74, 6) is 1.59. The van der Waals surface area contributed by atoms with Crippen LogP contribution in [0.2, 0.25) is 0 Å². The SMILES string of the molecule is Brc1ccc2c(c1)[C@H]1C=CCC[C@H]1CC2. The lowest BCUT2D eigenvalue weighted by Crippen LogP contribution is -2.21. The molecule has 0 saturated carbocycles. The third-order valence-electron chi connectivity index (χ3n) is 3.81. The van der Waals surface area contributed by atoms with Crippen molar-refractivity contribution in [1.82, 2.24) is 0 Å². The van der Waals surface area contributed by atoms with Gasteiger partial charge >= 0.3 is 0 Å². The van der Waals surface area contributed by atoms with Crippen molar-refractivity contribution in [2.24, 2.45) is 5.92 Å². The van der Waals surface area contributed by atoms with Crippen molar-refractivity contribution < 1.29 is 0 Å². The van der Waals surface area contributed by atoms with E-state index in [2.05, 4.69) is 46.3 Å². The van der Waals surface area contributed by atoms with Crippen LogP contribution >= 0.6 is 15.9 Å². The minimum atomic E-state index is 0.694. The molecule has 2 aliphatic carbocycles. The lowest BCUT2D eigenvalue weighted by molar-refractivity contribution is 0.379. The predicted molar refractivity (Wildman–Crippen MR) is 67.1 cm³/mol. The number of rotatable bonds is 0. The zero-order valence-electron chi connectivity index (χ0n) is 8.75. The normalized spacial score (nSPS) is 28.3. The molecule has 0 aromatic heterocycles. The van der Waals surface area contributed by atoms with Gasteiger partial charge in [0.25, 0.3) is 0 Å². The van der Waals surface area contributed by atoms with E-state index in [9.17, 15) is 0 Å². The highest BCUT2D eigenvalue weighted by atomic mass is 79.9. The molecule has 1 aromatic rings. The first-order valence-electron chi connectivity index (χ1n) is 5.79. The van der Waals surface area contributed by atoms with Gasteiger partial charge in [-0.2, -0.15) is 0 Å². The Hall–Kier alpha value is -0.560. The van der Waals surface area contributed by atoms with E-state index in [4.69, 9.17) is 0 Å². The molecule has 0 nitrogen and oxygen atoms in total. The molecular formula is C14H15Br. The van der Waals surface area contributed by atoms with Gasteiger partial charge in [-0.05, 0) is 54.9 Å². The first kappa shape index (κ1) is 9.65. The zero-order valence-corrected chi connectivity index (χ0v) is 10.3. The van der Waals surface area contributed by atoms with Gasteiger partial charge in [-0.25, -0.2) is 0 Å². The molecule has 3 rings (SSSR count). The molecule has 0 aliphatic heterocycles. The van der Waals surface area contributed by atoms with E-state index >= 15 is 0 Å². The van der Waals surface area contributed by atoms with Gasteiger partial charge in [0, 0.05) is 10.4 Å². The summed E-state index contributed by atoms with van der Waals surface area (Å²) in [6.07, 6.45) is 10.1. The molecule has 0 radical (unpaired) electrons. The Balaban J connectivity index is 2.08. The van der Waals surface area contributed by atoms with Crippen molar-refractivity contribution in [2.75, 3.05) is 0 Å². The van der Waals surface area contributed by atoms with Gasteiger partial charge in [0.1, 0.15) is 0 Å². The van der Waals surface area contributed by atoms with E-state index in [1.807, 2.05) is 0 Å². The molecule has 15 heavy (non-hydrogen) atoms. The molecule has 0 unspecified atom stereocenters. The molecule has 0 bridgehead atoms. The summed E-state index contributed by atoms with van der Waals surface area (Å²) in [5, 5.41) is 0. The third kappa shape index (κ3) is 1.67. The summed E-state index contributed by atoms with van der Waals surface area (Å²) in [6.45, 7) is 0. The summed E-state index contributed by atoms with van der Waals surface area (Å²) in [6, 6.07) is 6.78. The Kier molecular flexibility index (Phi) is 2.44. The number of fused-ring (bicyclic) bond motifs is 3. The van der Waals surface area contributed by atoms with Gasteiger partial charge in [0.2, 0.25) is 0 Å². The summed E-state index contributed by atoms with van der Waals surface area (Å²) >= 11 is 3.58. The number of allylic oxidation sites excluding steroid dienone is 2. The van der Waals surface area contributed by atoms with Crippen LogP contribution in [0.3, 0.4) is 0 Å². The maximum Gasteiger partial charge on any atom is 0.0178 e. The number of halogens is 1. The van der Waals surface area contributed by atoms with Crippen LogP contribution in [-0.2, 0) is 6.42 Å². The minimum absolute atomic E-state index is 0.694. The van der Waals surface area contributed by atoms with Crippen molar-refractivity contribution in [3.05, 3.63) is 46.0 Å². The second-order valence-electron chi connectivity index (χ2n) is 4.67. The van der Waals surface area contributed by atoms with E-state index < -0.39 is 0 Å². The Morgan fingerprint density at radius 2 is 2.13 bits per heavy atom. The smallest absolute Gasteiger partial charge is 0.0178 e. The molecule has 78 valence electrons. The number of aryl methyl sites for hydroxylation is 1. The quantitative estimate of drug-likeness (QED) is 0.607. The summed E-state index contributed by atoms with van der Waals surface area (Å²) in [7, 11) is 0. The molecule has 2 aliphatic rings. The van der Waals surface area contributed by atoms with Crippen molar-refractivity contribution in [3.63, 3.8) is 0 Å². The second-order valence-corrected chi connectivity index (χ2v) is 5.59. The van der Waals surface area contributed by atoms with Crippen molar-refractivity contribution >= 4 is 15.9 Å². The fourth-order valence-corrected chi connectivity index (χ4v) is 3.39. The van der Waals surface area contributed by atoms with Crippen LogP contribution in [0.5, 0.6) is 0 Å². The van der Waals surface area contributed by atoms with Crippen LogP contribution in [0.15, 0.2) is 34.8 Å². The van der Waals surface area contributed by atoms with Gasteiger partial charge in [0.15, 0.2) is 0 Å². The molecular weight excluding hydrogens is 248 g/mol. The summed E-state index contributed by atoms with van der Waals surface area (Å²) in [5.41, 5.74) is 3.13. The second kappa shape index (κ2) is 3.79. The lowest BCUT2D eigenvalue weighted by atomic mass is 9.71. The van der Waals surface area contributed by atoms with Crippen LogP contribution < -0.4 is 0 Å². The van der Waals surface area contributed by atoms with Crippen LogP contribution in [0.1, 0.15) is 36.3 Å². The lowest BCUT2D eigenvalue weighted by Gasteiger charge is -2.34. The standard InChI is InChI=1S/C14H15Br/c15-12-8-7-11-6-5-10-3-1-2-4-13(10)14(11)9-12/h2,4,7-10,13H,1,3,5-6H2/t10-,13-/m0/s1. The predicted octanol–water partition coefficient (Wildman–Crippen LogP) is 4.45. The van der Waals surface area contributed by atoms with E-state index in [-0.39, 0.29) is 0 Å². The average Bonchev–Trinajstić information content (AvgIpc) is 2.29. The Labute approximate surface area is 99.5 Å². The molecule has 0 N–H and O–H groups in total. The molecule has 0 saturated heterocycles. The molecule has 2 atom stereocenters. The summed E-state index contributed by atoms with van der Waals surface area (Å²) < 4.78 is 1.22. The van der Waals surface area contributed by atoms with Crippen molar-refractivity contribution in [1.29, 1.82) is 0 Å². The molecule has 0 heterocycles. The first-order valence-corrected chi connectivity index (χ1v) is 6.59. The maximum absolute atomic E-state index is 3.58. The summed E-state index contributed by atoms with van der Waals surface area (Å²) in [4.78, 5) is 0. The van der Waals surface area contributed by atoms with E-state index in [1.54, 1.807) is 11.1 Å². The molecule has 0 spiro atoms. The van der Waals surface area contributed by atoms with E-state index in [0.717, 1.165) is 5.92 Å². The molecule has 1 aromatic carbocycles. The van der Waals surface area contributed by atoms with Gasteiger partial charge in [-0.1, -0.05) is 34.1 Å². The fourth-order valence-electron chi connectivity index (χ4n) is 3.02. The van der Waals surface area contributed by atoms with Gasteiger partial charge in [0.05, 0.1) is 0 Å². The Bertz CT molecular complexity index is 406. The minimum Gasteiger partial charge on any atom is -0.0879 e.